The standard InChI is InChI=1S/C22H27ClN2O4/c1-5-28-20-12-16(6-11-19(20)29-14-15(2)3)22(27)25(4)13-21(26)24-18-9-7-17(23)8-10-18/h6-12,15H,5,13-14H2,1-4H3,(H,24,26). The van der Waals surface area contributed by atoms with Crippen LogP contribution in [0.3, 0.4) is 0 Å². The Morgan fingerprint density at radius 1 is 1.07 bits per heavy atom. The predicted octanol–water partition coefficient (Wildman–Crippen LogP) is 4.48. The van der Waals surface area contributed by atoms with Crippen LogP contribution in [0.4, 0.5) is 5.69 Å². The molecule has 0 heterocycles. The number of nitrogens with one attached hydrogen (secondary N) is 1. The van der Waals surface area contributed by atoms with Gasteiger partial charge in [-0.15, -0.1) is 0 Å². The molecular weight excluding hydrogens is 392 g/mol. The third-order valence-corrected chi connectivity index (χ3v) is 4.17. The van der Waals surface area contributed by atoms with E-state index in [9.17, 15) is 9.59 Å². The van der Waals surface area contributed by atoms with Crippen LogP contribution < -0.4 is 14.8 Å². The number of hydrogen-bond acceptors (Lipinski definition) is 4. The van der Waals surface area contributed by atoms with Gasteiger partial charge >= 0.3 is 0 Å². The highest BCUT2D eigenvalue weighted by Gasteiger charge is 2.18. The van der Waals surface area contributed by atoms with Crippen LogP contribution in [0, 0.1) is 5.92 Å². The summed E-state index contributed by atoms with van der Waals surface area (Å²) in [7, 11) is 1.58. The summed E-state index contributed by atoms with van der Waals surface area (Å²) in [6.07, 6.45) is 0. The van der Waals surface area contributed by atoms with Crippen LogP contribution in [0.1, 0.15) is 31.1 Å². The molecule has 0 aromatic heterocycles. The van der Waals surface area contributed by atoms with Gasteiger partial charge in [-0.3, -0.25) is 9.59 Å². The lowest BCUT2D eigenvalue weighted by molar-refractivity contribution is -0.116. The molecule has 0 aliphatic carbocycles. The van der Waals surface area contributed by atoms with E-state index in [1.165, 1.54) is 4.90 Å². The number of hydrogen-bond donors (Lipinski definition) is 1. The number of likely N-dealkylation sites (N-methyl/N-ethyl adjacent to an activating group) is 1. The largest absolute Gasteiger partial charge is 0.490 e. The summed E-state index contributed by atoms with van der Waals surface area (Å²) in [4.78, 5) is 26.3. The summed E-state index contributed by atoms with van der Waals surface area (Å²) < 4.78 is 11.4. The van der Waals surface area contributed by atoms with Crippen LogP contribution in [0.5, 0.6) is 11.5 Å². The Kier molecular flexibility index (Phi) is 8.34. The highest BCUT2D eigenvalue weighted by Crippen LogP contribution is 2.29. The highest BCUT2D eigenvalue weighted by atomic mass is 35.5. The Labute approximate surface area is 176 Å². The number of carbonyl (C=O) groups excluding carboxylic acids is 2. The van der Waals surface area contributed by atoms with E-state index in [2.05, 4.69) is 19.2 Å². The summed E-state index contributed by atoms with van der Waals surface area (Å²) in [6.45, 7) is 6.91. The first-order valence-corrected chi connectivity index (χ1v) is 9.88. The molecule has 0 atom stereocenters. The van der Waals surface area contributed by atoms with E-state index in [1.807, 2.05) is 6.92 Å². The first-order valence-electron chi connectivity index (χ1n) is 9.50. The third kappa shape index (κ3) is 6.98. The van der Waals surface area contributed by atoms with Gasteiger partial charge < -0.3 is 19.7 Å². The number of nitrogens with zero attached hydrogens (tertiary/aromatic N) is 1. The number of anilines is 1. The van der Waals surface area contributed by atoms with E-state index in [1.54, 1.807) is 49.5 Å². The van der Waals surface area contributed by atoms with Crippen LogP contribution in [-0.4, -0.2) is 43.5 Å². The monoisotopic (exact) mass is 418 g/mol. The highest BCUT2D eigenvalue weighted by molar-refractivity contribution is 6.30. The summed E-state index contributed by atoms with van der Waals surface area (Å²) in [6, 6.07) is 11.8. The quantitative estimate of drug-likeness (QED) is 0.651. The fraction of sp³-hybridized carbons (Fsp3) is 0.364. The summed E-state index contributed by atoms with van der Waals surface area (Å²) in [5.41, 5.74) is 1.04. The second-order valence-corrected chi connectivity index (χ2v) is 7.45. The van der Waals surface area contributed by atoms with E-state index in [-0.39, 0.29) is 18.4 Å². The molecule has 0 unspecified atom stereocenters. The van der Waals surface area contributed by atoms with E-state index >= 15 is 0 Å². The smallest absolute Gasteiger partial charge is 0.254 e. The third-order valence-electron chi connectivity index (χ3n) is 3.92. The average molecular weight is 419 g/mol. The predicted molar refractivity (Wildman–Crippen MR) is 115 cm³/mol. The lowest BCUT2D eigenvalue weighted by Crippen LogP contribution is -2.34. The lowest BCUT2D eigenvalue weighted by atomic mass is 10.1. The molecule has 2 aromatic rings. The Balaban J connectivity index is 2.04. The summed E-state index contributed by atoms with van der Waals surface area (Å²) in [5, 5.41) is 3.32. The van der Waals surface area contributed by atoms with Gasteiger partial charge in [-0.05, 0) is 55.3 Å². The van der Waals surface area contributed by atoms with Crippen molar-refractivity contribution in [3.63, 3.8) is 0 Å². The van der Waals surface area contributed by atoms with Gasteiger partial charge in [0.15, 0.2) is 11.5 Å². The van der Waals surface area contributed by atoms with Crippen LogP contribution in [0.15, 0.2) is 42.5 Å². The Morgan fingerprint density at radius 3 is 2.38 bits per heavy atom. The van der Waals surface area contributed by atoms with Gasteiger partial charge in [-0.2, -0.15) is 0 Å². The fourth-order valence-electron chi connectivity index (χ4n) is 2.53. The minimum atomic E-state index is -0.301. The van der Waals surface area contributed by atoms with Gasteiger partial charge in [0.1, 0.15) is 0 Å². The molecule has 1 N–H and O–H groups in total. The van der Waals surface area contributed by atoms with Gasteiger partial charge in [-0.25, -0.2) is 0 Å². The molecule has 2 rings (SSSR count). The minimum absolute atomic E-state index is 0.0863. The van der Waals surface area contributed by atoms with E-state index in [0.717, 1.165) is 0 Å². The molecule has 29 heavy (non-hydrogen) atoms. The van der Waals surface area contributed by atoms with Crippen LogP contribution in [-0.2, 0) is 4.79 Å². The van der Waals surface area contributed by atoms with Crippen molar-refractivity contribution in [2.24, 2.45) is 5.92 Å². The molecular formula is C22H27ClN2O4. The lowest BCUT2D eigenvalue weighted by Gasteiger charge is -2.19. The molecule has 0 saturated heterocycles. The molecule has 0 aliphatic heterocycles. The molecule has 0 spiro atoms. The van der Waals surface area contributed by atoms with E-state index in [4.69, 9.17) is 21.1 Å². The molecule has 0 aliphatic rings. The number of rotatable bonds is 9. The fourth-order valence-corrected chi connectivity index (χ4v) is 2.65. The zero-order valence-electron chi connectivity index (χ0n) is 17.2. The Morgan fingerprint density at radius 2 is 1.76 bits per heavy atom. The van der Waals surface area contributed by atoms with Gasteiger partial charge in [0.05, 0.1) is 19.8 Å². The molecule has 0 fully saturated rings. The molecule has 2 aromatic carbocycles. The van der Waals surface area contributed by atoms with Crippen molar-refractivity contribution in [1.29, 1.82) is 0 Å². The summed E-state index contributed by atoms with van der Waals surface area (Å²) >= 11 is 5.84. The zero-order chi connectivity index (χ0) is 21.4. The maximum Gasteiger partial charge on any atom is 0.254 e. The number of carbonyl (C=O) groups is 2. The number of amides is 2. The second-order valence-electron chi connectivity index (χ2n) is 7.02. The van der Waals surface area contributed by atoms with Gasteiger partial charge in [-0.1, -0.05) is 25.4 Å². The van der Waals surface area contributed by atoms with Gasteiger partial charge in [0, 0.05) is 23.3 Å². The molecule has 2 amide bonds. The topological polar surface area (TPSA) is 67.9 Å². The van der Waals surface area contributed by atoms with Crippen molar-refractivity contribution in [3.8, 4) is 11.5 Å². The number of halogens is 1. The van der Waals surface area contributed by atoms with Crippen molar-refractivity contribution < 1.29 is 19.1 Å². The van der Waals surface area contributed by atoms with Crippen molar-refractivity contribution in [2.45, 2.75) is 20.8 Å². The van der Waals surface area contributed by atoms with Gasteiger partial charge in [0.25, 0.3) is 5.91 Å². The molecule has 0 bridgehead atoms. The SMILES string of the molecule is CCOc1cc(C(=O)N(C)CC(=O)Nc2ccc(Cl)cc2)ccc1OCC(C)C. The second kappa shape index (κ2) is 10.7. The average Bonchev–Trinajstić information content (AvgIpc) is 2.68. The van der Waals surface area contributed by atoms with Crippen LogP contribution in [0.25, 0.3) is 0 Å². The number of benzene rings is 2. The summed E-state index contributed by atoms with van der Waals surface area (Å²) in [5.74, 6) is 0.895. The van der Waals surface area contributed by atoms with E-state index in [0.29, 0.717) is 46.9 Å². The molecule has 7 heteroatoms. The van der Waals surface area contributed by atoms with Crippen molar-refractivity contribution in [1.82, 2.24) is 4.90 Å². The minimum Gasteiger partial charge on any atom is -0.490 e. The maximum absolute atomic E-state index is 12.7. The zero-order valence-corrected chi connectivity index (χ0v) is 18.0. The van der Waals surface area contributed by atoms with Crippen molar-refractivity contribution in [2.75, 3.05) is 32.1 Å². The Hall–Kier alpha value is -2.73. The number of ether oxygens (including phenoxy) is 2. The molecule has 0 radical (unpaired) electrons. The molecule has 0 saturated carbocycles. The van der Waals surface area contributed by atoms with Crippen LogP contribution >= 0.6 is 11.6 Å². The first kappa shape index (κ1) is 22.6. The Bertz CT molecular complexity index is 837. The van der Waals surface area contributed by atoms with E-state index < -0.39 is 0 Å². The van der Waals surface area contributed by atoms with Gasteiger partial charge in [0.2, 0.25) is 5.91 Å². The van der Waals surface area contributed by atoms with Crippen molar-refractivity contribution >= 4 is 29.1 Å². The molecule has 156 valence electrons. The first-order chi connectivity index (χ1) is 13.8. The van der Waals surface area contributed by atoms with Crippen LogP contribution in [0.2, 0.25) is 5.02 Å². The maximum atomic E-state index is 12.7. The van der Waals surface area contributed by atoms with Crippen molar-refractivity contribution in [3.05, 3.63) is 53.1 Å². The molecule has 6 nitrogen and oxygen atoms in total. The normalized spacial score (nSPS) is 10.6.